The third-order valence-electron chi connectivity index (χ3n) is 7.77. The Balaban J connectivity index is 1.38. The lowest BCUT2D eigenvalue weighted by Crippen LogP contribution is -2.65. The second-order valence-corrected chi connectivity index (χ2v) is 11.8. The first kappa shape index (κ1) is 29.6. The fourth-order valence-electron chi connectivity index (χ4n) is 6.11. The zero-order chi connectivity index (χ0) is 28.6. The normalized spacial score (nSPS) is 34.6. The van der Waals surface area contributed by atoms with Crippen LogP contribution in [0.1, 0.15) is 32.1 Å². The molecular weight excluding hydrogens is 568 g/mol. The van der Waals surface area contributed by atoms with Crippen molar-refractivity contribution in [2.45, 2.75) is 67.2 Å². The summed E-state index contributed by atoms with van der Waals surface area (Å²) in [7, 11) is -6.82. The topological polar surface area (TPSA) is 131 Å². The number of halogens is 8. The Kier molecular flexibility index (Phi) is 7.09. The van der Waals surface area contributed by atoms with E-state index in [4.69, 9.17) is 14.2 Å². The molecular formula is C20H23F8O9S-. The Bertz CT molecular complexity index is 1020. The summed E-state index contributed by atoms with van der Waals surface area (Å²) in [6.07, 6.45) is -7.11. The van der Waals surface area contributed by atoms with Crippen LogP contribution < -0.4 is 0 Å². The summed E-state index contributed by atoms with van der Waals surface area (Å²) in [4.78, 5) is 13.0. The van der Waals surface area contributed by atoms with Crippen molar-refractivity contribution in [2.24, 2.45) is 23.2 Å². The van der Waals surface area contributed by atoms with Gasteiger partial charge in [0.15, 0.2) is 15.9 Å². The van der Waals surface area contributed by atoms with Gasteiger partial charge in [0, 0.05) is 11.8 Å². The number of hydrogen-bond acceptors (Lipinski definition) is 9. The number of ether oxygens (including phenoxy) is 4. The van der Waals surface area contributed by atoms with Crippen molar-refractivity contribution in [3.63, 3.8) is 0 Å². The van der Waals surface area contributed by atoms with Gasteiger partial charge in [-0.15, -0.1) is 0 Å². The van der Waals surface area contributed by atoms with E-state index in [2.05, 4.69) is 4.74 Å². The molecule has 1 spiro atoms. The Labute approximate surface area is 210 Å². The molecule has 38 heavy (non-hydrogen) atoms. The minimum Gasteiger partial charge on any atom is -0.743 e. The maximum atomic E-state index is 13.9. The minimum atomic E-state index is -6.82. The highest BCUT2D eigenvalue weighted by molar-refractivity contribution is 7.86. The second kappa shape index (κ2) is 9.09. The molecule has 5 fully saturated rings. The maximum absolute atomic E-state index is 13.9. The summed E-state index contributed by atoms with van der Waals surface area (Å²) in [5.74, 6) is -13.2. The van der Waals surface area contributed by atoms with Gasteiger partial charge in [0.05, 0.1) is 12.0 Å². The summed E-state index contributed by atoms with van der Waals surface area (Å²) in [5, 5.41) is 3.61. The Morgan fingerprint density at radius 2 is 1.47 bits per heavy atom. The first-order valence-corrected chi connectivity index (χ1v) is 12.8. The van der Waals surface area contributed by atoms with Gasteiger partial charge in [0.25, 0.3) is 0 Å². The minimum absolute atomic E-state index is 0.0613. The molecule has 0 aromatic carbocycles. The van der Waals surface area contributed by atoms with Gasteiger partial charge in [-0.2, -0.15) is 35.1 Å². The zero-order valence-electron chi connectivity index (χ0n) is 19.3. The predicted molar refractivity (Wildman–Crippen MR) is 103 cm³/mol. The van der Waals surface area contributed by atoms with Gasteiger partial charge in [0.1, 0.15) is 25.9 Å². The van der Waals surface area contributed by atoms with E-state index in [0.717, 1.165) is 0 Å². The van der Waals surface area contributed by atoms with E-state index in [-0.39, 0.29) is 25.2 Å². The van der Waals surface area contributed by atoms with Crippen LogP contribution in [0.2, 0.25) is 0 Å². The van der Waals surface area contributed by atoms with E-state index in [9.17, 15) is 58.0 Å². The van der Waals surface area contributed by atoms with Crippen molar-refractivity contribution in [2.75, 3.05) is 26.4 Å². The SMILES string of the molecule is O=C(OCC(O)COC(F)(F)C(F)(F)S(=O)(=O)[O-])C12CC3CC(C1)C1(OCC(F)(F)C(F)(F)CO1)C(C3)C2. The smallest absolute Gasteiger partial charge is 0.433 e. The van der Waals surface area contributed by atoms with Crippen LogP contribution >= 0.6 is 0 Å². The number of esters is 1. The molecule has 3 unspecified atom stereocenters. The molecule has 0 aromatic heterocycles. The first-order chi connectivity index (χ1) is 17.2. The molecule has 1 heterocycles. The van der Waals surface area contributed by atoms with Crippen molar-refractivity contribution < 1.29 is 76.9 Å². The summed E-state index contributed by atoms with van der Waals surface area (Å²) in [5.41, 5.74) is -1.25. The van der Waals surface area contributed by atoms with Crippen LogP contribution in [0.15, 0.2) is 0 Å². The van der Waals surface area contributed by atoms with Gasteiger partial charge in [-0.3, -0.25) is 4.79 Å². The Morgan fingerprint density at radius 1 is 0.974 bits per heavy atom. The van der Waals surface area contributed by atoms with Crippen LogP contribution in [0, 0.1) is 23.2 Å². The Hall–Kier alpha value is -1.34. The average Bonchev–Trinajstić information content (AvgIpc) is 2.88. The van der Waals surface area contributed by atoms with E-state index in [0.29, 0.717) is 12.8 Å². The van der Waals surface area contributed by atoms with Gasteiger partial charge in [-0.05, 0) is 38.0 Å². The van der Waals surface area contributed by atoms with Crippen LogP contribution in [0.3, 0.4) is 0 Å². The third kappa shape index (κ3) is 4.67. The van der Waals surface area contributed by atoms with Gasteiger partial charge in [-0.25, -0.2) is 8.42 Å². The quantitative estimate of drug-likeness (QED) is 0.257. The second-order valence-electron chi connectivity index (χ2n) is 10.4. The van der Waals surface area contributed by atoms with Gasteiger partial charge < -0.3 is 28.6 Å². The molecule has 0 radical (unpaired) electrons. The summed E-state index contributed by atoms with van der Waals surface area (Å²) in [6.45, 7) is -5.85. The van der Waals surface area contributed by atoms with Crippen molar-refractivity contribution in [3.8, 4) is 0 Å². The highest BCUT2D eigenvalue weighted by atomic mass is 32.2. The maximum Gasteiger partial charge on any atom is 0.433 e. The molecule has 4 bridgehead atoms. The molecule has 220 valence electrons. The number of aliphatic hydroxyl groups is 1. The van der Waals surface area contributed by atoms with Crippen molar-refractivity contribution in [1.29, 1.82) is 0 Å². The molecule has 9 nitrogen and oxygen atoms in total. The summed E-state index contributed by atoms with van der Waals surface area (Å²) in [6, 6.07) is 0. The highest BCUT2D eigenvalue weighted by Crippen LogP contribution is 2.66. The van der Waals surface area contributed by atoms with Crippen LogP contribution in [0.25, 0.3) is 0 Å². The monoisotopic (exact) mass is 591 g/mol. The van der Waals surface area contributed by atoms with Crippen LogP contribution in [0.5, 0.6) is 0 Å². The molecule has 3 atom stereocenters. The highest BCUT2D eigenvalue weighted by Gasteiger charge is 2.70. The van der Waals surface area contributed by atoms with Gasteiger partial charge >= 0.3 is 29.2 Å². The van der Waals surface area contributed by atoms with E-state index in [1.54, 1.807) is 0 Å². The molecule has 1 aliphatic heterocycles. The van der Waals surface area contributed by atoms with Crippen molar-refractivity contribution in [3.05, 3.63) is 0 Å². The number of carbonyl (C=O) groups is 1. The number of alkyl halides is 8. The van der Waals surface area contributed by atoms with E-state index in [1.807, 2.05) is 0 Å². The van der Waals surface area contributed by atoms with Gasteiger partial charge in [-0.1, -0.05) is 0 Å². The molecule has 5 rings (SSSR count). The third-order valence-corrected chi connectivity index (χ3v) is 8.64. The fraction of sp³-hybridized carbons (Fsp3) is 0.950. The molecule has 0 aromatic rings. The molecule has 4 aliphatic carbocycles. The molecule has 1 saturated heterocycles. The molecule has 18 heteroatoms. The van der Waals surface area contributed by atoms with Crippen molar-refractivity contribution in [1.82, 2.24) is 0 Å². The van der Waals surface area contributed by atoms with E-state index < -0.39 is 94.9 Å². The van der Waals surface area contributed by atoms with E-state index >= 15 is 0 Å². The average molecular weight is 591 g/mol. The molecule has 0 amide bonds. The van der Waals surface area contributed by atoms with Crippen LogP contribution in [-0.2, 0) is 33.9 Å². The number of carbonyl (C=O) groups excluding carboxylic acids is 1. The lowest BCUT2D eigenvalue weighted by atomic mass is 9.47. The number of hydrogen-bond donors (Lipinski definition) is 1. The molecule has 1 N–H and O–H groups in total. The first-order valence-electron chi connectivity index (χ1n) is 11.4. The van der Waals surface area contributed by atoms with Crippen LogP contribution in [-0.4, -0.2) is 85.6 Å². The zero-order valence-corrected chi connectivity index (χ0v) is 20.1. The number of rotatable bonds is 8. The molecule has 5 aliphatic rings. The standard InChI is InChI=1S/C20H24F8O9S/c21-16(22)8-36-18(37-9-17(16,23)24)11-1-10-2-12(18)5-15(3-10,4-11)14(30)34-6-13(29)7-35-19(25,26)20(27,28)38(31,32)33/h10-13,29H,1-9H2,(H,31,32,33)/p-1. The van der Waals surface area contributed by atoms with Crippen LogP contribution in [0.4, 0.5) is 35.1 Å². The summed E-state index contributed by atoms with van der Waals surface area (Å²) >= 11 is 0. The predicted octanol–water partition coefficient (Wildman–Crippen LogP) is 2.48. The summed E-state index contributed by atoms with van der Waals surface area (Å²) < 4.78 is 159. The molecule has 4 saturated carbocycles. The van der Waals surface area contributed by atoms with Crippen molar-refractivity contribution >= 4 is 16.1 Å². The fourth-order valence-corrected chi connectivity index (χ4v) is 6.46. The lowest BCUT2D eigenvalue weighted by molar-refractivity contribution is -0.346. The van der Waals surface area contributed by atoms with Gasteiger partial charge in [0.2, 0.25) is 0 Å². The number of aliphatic hydroxyl groups excluding tert-OH is 1. The lowest BCUT2D eigenvalue weighted by Gasteiger charge is -2.62. The van der Waals surface area contributed by atoms with E-state index in [1.165, 1.54) is 0 Å². The Morgan fingerprint density at radius 3 is 1.95 bits per heavy atom. The largest absolute Gasteiger partial charge is 0.743 e.